The molecule has 0 unspecified atom stereocenters. The van der Waals surface area contributed by atoms with E-state index in [0.29, 0.717) is 30.8 Å². The van der Waals surface area contributed by atoms with E-state index in [9.17, 15) is 13.2 Å². The summed E-state index contributed by atoms with van der Waals surface area (Å²) in [5.41, 5.74) is 4.23. The van der Waals surface area contributed by atoms with Gasteiger partial charge in [-0.25, -0.2) is 8.42 Å². The Morgan fingerprint density at radius 1 is 0.943 bits per heavy atom. The maximum Gasteiger partial charge on any atom is 0.264 e. The van der Waals surface area contributed by atoms with Crippen molar-refractivity contribution >= 4 is 27.3 Å². The van der Waals surface area contributed by atoms with Crippen molar-refractivity contribution in [1.29, 1.82) is 0 Å². The highest BCUT2D eigenvalue weighted by molar-refractivity contribution is 7.92. The van der Waals surface area contributed by atoms with Crippen LogP contribution in [0.2, 0.25) is 0 Å². The van der Waals surface area contributed by atoms with Gasteiger partial charge in [-0.05, 0) is 53.9 Å². The number of hydrogen-bond acceptors (Lipinski definition) is 5. The standard InChI is InChI=1S/C27H29N3O4S/c1-28(20-21-9-11-24(12-10-21)29-15-17-34-18-16-29)27(31)23-6-4-7-25(19-23)35(32,33)30-14-13-22-5-2-3-8-26(22)30/h2-12,19H,13-18,20H2,1H3. The predicted octanol–water partition coefficient (Wildman–Crippen LogP) is 3.55. The van der Waals surface area contributed by atoms with E-state index in [0.717, 1.165) is 43.1 Å². The summed E-state index contributed by atoms with van der Waals surface area (Å²) in [6, 6.07) is 22.1. The maximum absolute atomic E-state index is 13.4. The van der Waals surface area contributed by atoms with Gasteiger partial charge >= 0.3 is 0 Å². The third-order valence-electron chi connectivity index (χ3n) is 6.59. The molecule has 0 bridgehead atoms. The first-order valence-electron chi connectivity index (χ1n) is 11.8. The molecule has 0 aromatic heterocycles. The number of amides is 1. The Morgan fingerprint density at radius 2 is 1.69 bits per heavy atom. The quantitative estimate of drug-likeness (QED) is 0.528. The number of benzene rings is 3. The van der Waals surface area contributed by atoms with Gasteiger partial charge in [0.05, 0.1) is 23.8 Å². The Kier molecular flexibility index (Phi) is 6.49. The van der Waals surface area contributed by atoms with Gasteiger partial charge in [-0.3, -0.25) is 9.10 Å². The third-order valence-corrected chi connectivity index (χ3v) is 8.40. The topological polar surface area (TPSA) is 70.2 Å². The van der Waals surface area contributed by atoms with E-state index < -0.39 is 10.0 Å². The van der Waals surface area contributed by atoms with Crippen molar-refractivity contribution in [2.45, 2.75) is 17.9 Å². The highest BCUT2D eigenvalue weighted by atomic mass is 32.2. The minimum atomic E-state index is -3.76. The first-order chi connectivity index (χ1) is 16.9. The Morgan fingerprint density at radius 3 is 2.46 bits per heavy atom. The summed E-state index contributed by atoms with van der Waals surface area (Å²) in [6.45, 7) is 4.05. The summed E-state index contributed by atoms with van der Waals surface area (Å²) in [6.07, 6.45) is 0.682. The molecule has 3 aromatic rings. The number of rotatable bonds is 6. The van der Waals surface area contributed by atoms with Crippen LogP contribution in [0.3, 0.4) is 0 Å². The average molecular weight is 492 g/mol. The molecule has 0 saturated carbocycles. The second-order valence-electron chi connectivity index (χ2n) is 8.91. The summed E-state index contributed by atoms with van der Waals surface area (Å²) >= 11 is 0. The summed E-state index contributed by atoms with van der Waals surface area (Å²) in [5.74, 6) is -0.221. The number of carbonyl (C=O) groups excluding carboxylic acids is 1. The fraction of sp³-hybridized carbons (Fsp3) is 0.296. The van der Waals surface area contributed by atoms with Crippen molar-refractivity contribution in [2.75, 3.05) is 49.1 Å². The number of fused-ring (bicyclic) bond motifs is 1. The molecule has 182 valence electrons. The van der Waals surface area contributed by atoms with Crippen LogP contribution in [0.1, 0.15) is 21.5 Å². The second-order valence-corrected chi connectivity index (χ2v) is 10.8. The van der Waals surface area contributed by atoms with Gasteiger partial charge in [-0.2, -0.15) is 0 Å². The third kappa shape index (κ3) is 4.76. The molecule has 0 aliphatic carbocycles. The first kappa shape index (κ1) is 23.4. The molecule has 0 spiro atoms. The van der Waals surface area contributed by atoms with E-state index in [-0.39, 0.29) is 10.8 Å². The van der Waals surface area contributed by atoms with Gasteiger partial charge in [0.15, 0.2) is 0 Å². The van der Waals surface area contributed by atoms with E-state index >= 15 is 0 Å². The molecule has 2 heterocycles. The minimum absolute atomic E-state index is 0.128. The molecule has 2 aliphatic rings. The highest BCUT2D eigenvalue weighted by Crippen LogP contribution is 2.33. The predicted molar refractivity (Wildman–Crippen MR) is 136 cm³/mol. The van der Waals surface area contributed by atoms with Crippen LogP contribution >= 0.6 is 0 Å². The number of para-hydroxylation sites is 1. The lowest BCUT2D eigenvalue weighted by Gasteiger charge is -2.29. The van der Waals surface area contributed by atoms with Gasteiger partial charge in [0.25, 0.3) is 15.9 Å². The molecule has 5 rings (SSSR count). The highest BCUT2D eigenvalue weighted by Gasteiger charge is 2.31. The minimum Gasteiger partial charge on any atom is -0.378 e. The number of morpholine rings is 1. The van der Waals surface area contributed by atoms with Gasteiger partial charge in [0, 0.05) is 44.5 Å². The number of carbonyl (C=O) groups is 1. The summed E-state index contributed by atoms with van der Waals surface area (Å²) in [4.78, 5) is 17.2. The SMILES string of the molecule is CN(Cc1ccc(N2CCOCC2)cc1)C(=O)c1cccc(S(=O)(=O)N2CCc3ccccc32)c1. The lowest BCUT2D eigenvalue weighted by Crippen LogP contribution is -2.36. The average Bonchev–Trinajstić information content (AvgIpc) is 3.34. The monoisotopic (exact) mass is 491 g/mol. The first-order valence-corrected chi connectivity index (χ1v) is 13.3. The van der Waals surface area contributed by atoms with Gasteiger partial charge in [0.1, 0.15) is 0 Å². The van der Waals surface area contributed by atoms with E-state index in [1.165, 1.54) is 10.4 Å². The van der Waals surface area contributed by atoms with E-state index in [2.05, 4.69) is 17.0 Å². The van der Waals surface area contributed by atoms with Gasteiger partial charge in [-0.1, -0.05) is 36.4 Å². The fourth-order valence-electron chi connectivity index (χ4n) is 4.67. The van der Waals surface area contributed by atoms with Gasteiger partial charge < -0.3 is 14.5 Å². The molecule has 0 N–H and O–H groups in total. The van der Waals surface area contributed by atoms with Crippen LogP contribution in [0.15, 0.2) is 77.7 Å². The molecular formula is C27H29N3O4S. The van der Waals surface area contributed by atoms with Gasteiger partial charge in [0.2, 0.25) is 0 Å². The summed E-state index contributed by atoms with van der Waals surface area (Å²) < 4.78 is 33.6. The molecule has 3 aromatic carbocycles. The number of hydrogen-bond donors (Lipinski definition) is 0. The van der Waals surface area contributed by atoms with Crippen LogP contribution in [-0.2, 0) is 27.7 Å². The van der Waals surface area contributed by atoms with Crippen molar-refractivity contribution in [1.82, 2.24) is 4.90 Å². The zero-order chi connectivity index (χ0) is 24.4. The summed E-state index contributed by atoms with van der Waals surface area (Å²) in [5, 5.41) is 0. The van der Waals surface area contributed by atoms with Crippen LogP contribution in [0, 0.1) is 0 Å². The molecule has 0 atom stereocenters. The maximum atomic E-state index is 13.4. The summed E-state index contributed by atoms with van der Waals surface area (Å²) in [7, 11) is -2.03. The van der Waals surface area contributed by atoms with E-state index in [1.54, 1.807) is 30.1 Å². The van der Waals surface area contributed by atoms with E-state index in [4.69, 9.17) is 4.74 Å². The molecule has 35 heavy (non-hydrogen) atoms. The zero-order valence-corrected chi connectivity index (χ0v) is 20.6. The number of sulfonamides is 1. The van der Waals surface area contributed by atoms with Gasteiger partial charge in [-0.15, -0.1) is 0 Å². The second kappa shape index (κ2) is 9.71. The number of ether oxygens (including phenoxy) is 1. The van der Waals surface area contributed by atoms with Crippen molar-refractivity contribution < 1.29 is 17.9 Å². The molecule has 0 radical (unpaired) electrons. The molecule has 7 nitrogen and oxygen atoms in total. The van der Waals surface area contributed by atoms with Crippen LogP contribution < -0.4 is 9.21 Å². The van der Waals surface area contributed by atoms with Crippen LogP contribution in [0.5, 0.6) is 0 Å². The smallest absolute Gasteiger partial charge is 0.264 e. The van der Waals surface area contributed by atoms with Crippen molar-refractivity contribution in [3.8, 4) is 0 Å². The van der Waals surface area contributed by atoms with Crippen molar-refractivity contribution in [3.05, 3.63) is 89.5 Å². The fourth-order valence-corrected chi connectivity index (χ4v) is 6.22. The van der Waals surface area contributed by atoms with Crippen molar-refractivity contribution in [3.63, 3.8) is 0 Å². The Labute approximate surface area is 206 Å². The lowest BCUT2D eigenvalue weighted by molar-refractivity contribution is 0.0785. The molecule has 1 saturated heterocycles. The Hall–Kier alpha value is -3.36. The molecule has 1 fully saturated rings. The van der Waals surface area contributed by atoms with Crippen LogP contribution in [0.4, 0.5) is 11.4 Å². The molecular weight excluding hydrogens is 462 g/mol. The number of anilines is 2. The lowest BCUT2D eigenvalue weighted by atomic mass is 10.1. The zero-order valence-electron chi connectivity index (χ0n) is 19.8. The van der Waals surface area contributed by atoms with E-state index in [1.807, 2.05) is 36.4 Å². The normalized spacial score (nSPS) is 15.7. The molecule has 8 heteroatoms. The van der Waals surface area contributed by atoms with Crippen LogP contribution in [0.25, 0.3) is 0 Å². The van der Waals surface area contributed by atoms with Crippen molar-refractivity contribution in [2.24, 2.45) is 0 Å². The van der Waals surface area contributed by atoms with Crippen LogP contribution in [-0.4, -0.2) is 59.1 Å². The molecule has 1 amide bonds. The largest absolute Gasteiger partial charge is 0.378 e. The Balaban J connectivity index is 1.30. The molecule has 2 aliphatic heterocycles. The number of nitrogens with zero attached hydrogens (tertiary/aromatic N) is 3. The Bertz CT molecular complexity index is 1320.